The van der Waals surface area contributed by atoms with Gasteiger partial charge in [-0.15, -0.1) is 0 Å². The van der Waals surface area contributed by atoms with Crippen LogP contribution < -0.4 is 5.01 Å². The molecule has 17 heavy (non-hydrogen) atoms. The summed E-state index contributed by atoms with van der Waals surface area (Å²) in [6.45, 7) is 0. The highest BCUT2D eigenvalue weighted by Gasteiger charge is 2.34. The van der Waals surface area contributed by atoms with Gasteiger partial charge in [-0.1, -0.05) is 52.2 Å². The topological polar surface area (TPSA) is 28.0 Å². The Labute approximate surface area is 103 Å². The number of hydrogen-bond donors (Lipinski definition) is 0. The van der Waals surface area contributed by atoms with Crippen LogP contribution in [-0.4, -0.2) is 0 Å². The van der Waals surface area contributed by atoms with Crippen LogP contribution in [-0.2, 0) is 0 Å². The smallest absolute Gasteiger partial charge is 0.148 e. The van der Waals surface area contributed by atoms with Crippen molar-refractivity contribution < 1.29 is 0 Å². The van der Waals surface area contributed by atoms with Gasteiger partial charge < -0.3 is 0 Å². The first kappa shape index (κ1) is 9.24. The Hall–Kier alpha value is -1.81. The molecule has 0 spiro atoms. The Kier molecular flexibility index (Phi) is 1.82. The molecule has 0 aliphatic carbocycles. The lowest BCUT2D eigenvalue weighted by atomic mass is 9.94. The molecule has 2 aromatic carbocycles. The Morgan fingerprint density at radius 1 is 0.941 bits per heavy atom. The predicted octanol–water partition coefficient (Wildman–Crippen LogP) is 4.20. The van der Waals surface area contributed by atoms with Crippen molar-refractivity contribution in [2.75, 3.05) is 5.01 Å². The molecule has 0 fully saturated rings. The van der Waals surface area contributed by atoms with Gasteiger partial charge in [-0.05, 0) is 17.2 Å². The number of benzene rings is 2. The summed E-state index contributed by atoms with van der Waals surface area (Å²) in [7, 11) is 0. The zero-order chi connectivity index (χ0) is 11.2. The van der Waals surface area contributed by atoms with Crippen LogP contribution in [0.25, 0.3) is 11.1 Å². The lowest BCUT2D eigenvalue weighted by molar-refractivity contribution is 0.824. The van der Waals surface area contributed by atoms with Gasteiger partial charge in [0.25, 0.3) is 0 Å². The molecular formula is C13H9N3S. The van der Waals surface area contributed by atoms with Crippen molar-refractivity contribution in [3.63, 3.8) is 0 Å². The molecular weight excluding hydrogens is 230 g/mol. The summed E-state index contributed by atoms with van der Waals surface area (Å²) in [5, 5.41) is 6.42. The minimum atomic E-state index is 0.195. The van der Waals surface area contributed by atoms with Crippen molar-refractivity contribution in [1.82, 2.24) is 0 Å². The van der Waals surface area contributed by atoms with Crippen molar-refractivity contribution in [1.29, 1.82) is 0 Å². The zero-order valence-electron chi connectivity index (χ0n) is 8.95. The molecule has 4 heteroatoms. The largest absolute Gasteiger partial charge is 0.226 e. The van der Waals surface area contributed by atoms with Crippen LogP contribution in [0.5, 0.6) is 0 Å². The molecule has 82 valence electrons. The fraction of sp³-hybridized carbons (Fsp3) is 0.0769. The van der Waals surface area contributed by atoms with Crippen LogP contribution in [0.3, 0.4) is 0 Å². The lowest BCUT2D eigenvalue weighted by Gasteiger charge is -2.30. The third-order valence-corrected chi connectivity index (χ3v) is 3.99. The number of fused-ring (bicyclic) bond motifs is 6. The number of nitrogens with zero attached hydrogens (tertiary/aromatic N) is 3. The van der Waals surface area contributed by atoms with E-state index in [4.69, 9.17) is 0 Å². The van der Waals surface area contributed by atoms with Crippen LogP contribution in [0.15, 0.2) is 58.3 Å². The van der Waals surface area contributed by atoms with Crippen molar-refractivity contribution in [2.24, 2.45) is 9.74 Å². The summed E-state index contributed by atoms with van der Waals surface area (Å²) in [5.41, 5.74) is 4.97. The maximum Gasteiger partial charge on any atom is 0.148 e. The molecule has 2 heterocycles. The molecule has 0 aromatic heterocycles. The van der Waals surface area contributed by atoms with E-state index in [1.165, 1.54) is 28.6 Å². The molecule has 2 aliphatic heterocycles. The minimum absolute atomic E-state index is 0.195. The van der Waals surface area contributed by atoms with Crippen LogP contribution in [0.4, 0.5) is 5.69 Å². The van der Waals surface area contributed by atoms with Gasteiger partial charge in [-0.3, -0.25) is 0 Å². The van der Waals surface area contributed by atoms with E-state index in [1.54, 1.807) is 0 Å². The van der Waals surface area contributed by atoms with Crippen LogP contribution in [0.1, 0.15) is 10.9 Å². The van der Waals surface area contributed by atoms with Gasteiger partial charge in [-0.25, -0.2) is 5.01 Å². The van der Waals surface area contributed by atoms with E-state index >= 15 is 0 Å². The fourth-order valence-electron chi connectivity index (χ4n) is 2.42. The predicted molar refractivity (Wildman–Crippen MR) is 69.5 cm³/mol. The molecule has 4 rings (SSSR count). The third-order valence-electron chi connectivity index (χ3n) is 3.17. The molecule has 1 unspecified atom stereocenters. The maximum absolute atomic E-state index is 4.22. The monoisotopic (exact) mass is 239 g/mol. The van der Waals surface area contributed by atoms with E-state index in [-0.39, 0.29) is 5.37 Å². The van der Waals surface area contributed by atoms with Crippen molar-refractivity contribution in [2.45, 2.75) is 5.37 Å². The normalized spacial score (nSPS) is 19.8. The quantitative estimate of drug-likeness (QED) is 0.644. The van der Waals surface area contributed by atoms with Crippen molar-refractivity contribution in [3.05, 3.63) is 54.1 Å². The molecule has 3 nitrogen and oxygen atoms in total. The Balaban J connectivity index is 2.06. The molecule has 0 bridgehead atoms. The highest BCUT2D eigenvalue weighted by atomic mass is 32.2. The van der Waals surface area contributed by atoms with Gasteiger partial charge in [0.05, 0.1) is 5.69 Å². The summed E-state index contributed by atoms with van der Waals surface area (Å²) in [6.07, 6.45) is 0. The van der Waals surface area contributed by atoms with Gasteiger partial charge in [-0.2, -0.15) is 0 Å². The number of para-hydroxylation sites is 1. The fourth-order valence-corrected chi connectivity index (χ4v) is 3.19. The third kappa shape index (κ3) is 1.18. The summed E-state index contributed by atoms with van der Waals surface area (Å²) < 4.78 is 4.09. The van der Waals surface area contributed by atoms with E-state index in [1.807, 2.05) is 11.1 Å². The van der Waals surface area contributed by atoms with Gasteiger partial charge in [0, 0.05) is 17.5 Å². The van der Waals surface area contributed by atoms with Gasteiger partial charge >= 0.3 is 0 Å². The van der Waals surface area contributed by atoms with Crippen LogP contribution >= 0.6 is 11.9 Å². The maximum atomic E-state index is 4.22. The second kappa shape index (κ2) is 3.34. The molecule has 0 N–H and O–H groups in total. The van der Waals surface area contributed by atoms with Crippen molar-refractivity contribution >= 4 is 17.6 Å². The van der Waals surface area contributed by atoms with Crippen LogP contribution in [0, 0.1) is 0 Å². The molecule has 0 radical (unpaired) electrons. The highest BCUT2D eigenvalue weighted by molar-refractivity contribution is 7.98. The molecule has 2 aliphatic rings. The number of anilines is 1. The standard InChI is InChI=1S/C13H9N3S/c1-2-7-11-9(5-1)10-6-3-4-8-12(10)16-13(11)17-15-14-16/h1-8,13H. The lowest BCUT2D eigenvalue weighted by Crippen LogP contribution is -2.21. The second-order valence-electron chi connectivity index (χ2n) is 4.08. The SMILES string of the molecule is c1ccc2c(c1)-c1ccccc1N1N=NSC21. The van der Waals surface area contributed by atoms with E-state index in [0.29, 0.717) is 0 Å². The zero-order valence-corrected chi connectivity index (χ0v) is 9.76. The van der Waals surface area contributed by atoms with E-state index < -0.39 is 0 Å². The molecule has 2 aromatic rings. The summed E-state index contributed by atoms with van der Waals surface area (Å²) >= 11 is 1.52. The van der Waals surface area contributed by atoms with E-state index in [0.717, 1.165) is 5.69 Å². The Morgan fingerprint density at radius 2 is 1.71 bits per heavy atom. The first-order valence-electron chi connectivity index (χ1n) is 5.49. The molecule has 0 saturated heterocycles. The molecule has 0 amide bonds. The average molecular weight is 239 g/mol. The van der Waals surface area contributed by atoms with Crippen molar-refractivity contribution in [3.8, 4) is 11.1 Å². The van der Waals surface area contributed by atoms with E-state index in [2.05, 4.69) is 52.2 Å². The average Bonchev–Trinajstić information content (AvgIpc) is 2.89. The number of hydrogen-bond acceptors (Lipinski definition) is 4. The first-order chi connectivity index (χ1) is 8.45. The highest BCUT2D eigenvalue weighted by Crippen LogP contribution is 2.51. The summed E-state index contributed by atoms with van der Waals surface area (Å²) in [4.78, 5) is 0. The molecule has 0 saturated carbocycles. The van der Waals surface area contributed by atoms with Gasteiger partial charge in [0.2, 0.25) is 0 Å². The summed E-state index contributed by atoms with van der Waals surface area (Å²) in [6, 6.07) is 16.8. The number of rotatable bonds is 0. The van der Waals surface area contributed by atoms with E-state index in [9.17, 15) is 0 Å². The Bertz CT molecular complexity index is 624. The van der Waals surface area contributed by atoms with Gasteiger partial charge in [0.15, 0.2) is 0 Å². The van der Waals surface area contributed by atoms with Crippen LogP contribution in [0.2, 0.25) is 0 Å². The van der Waals surface area contributed by atoms with Gasteiger partial charge in [0.1, 0.15) is 5.37 Å². The minimum Gasteiger partial charge on any atom is -0.226 e. The second-order valence-corrected chi connectivity index (χ2v) is 4.90. The first-order valence-corrected chi connectivity index (χ1v) is 6.33. The summed E-state index contributed by atoms with van der Waals surface area (Å²) in [5.74, 6) is 0. The molecule has 1 atom stereocenters. The Morgan fingerprint density at radius 3 is 2.65 bits per heavy atom.